The van der Waals surface area contributed by atoms with Gasteiger partial charge in [0.15, 0.2) is 0 Å². The van der Waals surface area contributed by atoms with Gasteiger partial charge in [-0.3, -0.25) is 0 Å². The van der Waals surface area contributed by atoms with Gasteiger partial charge in [-0.15, -0.1) is 0 Å². The van der Waals surface area contributed by atoms with Gasteiger partial charge in [-0.1, -0.05) is 73.5 Å². The zero-order chi connectivity index (χ0) is 14.3. The summed E-state index contributed by atoms with van der Waals surface area (Å²) in [5.74, 6) is 3.20. The summed E-state index contributed by atoms with van der Waals surface area (Å²) in [6, 6.07) is 0. The van der Waals surface area contributed by atoms with Crippen molar-refractivity contribution in [3.05, 3.63) is 12.2 Å². The van der Waals surface area contributed by atoms with Gasteiger partial charge in [-0.2, -0.15) is 0 Å². The van der Waals surface area contributed by atoms with Crippen LogP contribution in [0.4, 0.5) is 0 Å². The van der Waals surface area contributed by atoms with Gasteiger partial charge in [-0.05, 0) is 42.4 Å². The second-order valence-electron chi connectivity index (χ2n) is 6.79. The van der Waals surface area contributed by atoms with E-state index in [4.69, 9.17) is 0 Å². The van der Waals surface area contributed by atoms with E-state index in [-0.39, 0.29) is 0 Å². The Labute approximate surface area is 116 Å². The maximum atomic E-state index is 2.49. The van der Waals surface area contributed by atoms with Gasteiger partial charge in [0.1, 0.15) is 0 Å². The summed E-state index contributed by atoms with van der Waals surface area (Å²) in [5.41, 5.74) is 0.421. The molecule has 0 aliphatic carbocycles. The molecule has 4 unspecified atom stereocenters. The normalized spacial score (nSPS) is 19.8. The van der Waals surface area contributed by atoms with E-state index in [1.807, 2.05) is 0 Å². The van der Waals surface area contributed by atoms with E-state index in [2.05, 4.69) is 67.5 Å². The number of allylic oxidation sites excluding steroid dienone is 2. The van der Waals surface area contributed by atoms with E-state index in [1.165, 1.54) is 19.3 Å². The third-order valence-electron chi connectivity index (χ3n) is 5.58. The van der Waals surface area contributed by atoms with Crippen molar-refractivity contribution in [1.82, 2.24) is 0 Å². The van der Waals surface area contributed by atoms with E-state index < -0.39 is 0 Å². The van der Waals surface area contributed by atoms with Crippen LogP contribution in [0.3, 0.4) is 0 Å². The van der Waals surface area contributed by atoms with Crippen LogP contribution in [-0.4, -0.2) is 0 Å². The maximum absolute atomic E-state index is 2.49. The van der Waals surface area contributed by atoms with Crippen LogP contribution in [0.2, 0.25) is 0 Å². The quantitative estimate of drug-likeness (QED) is 0.443. The summed E-state index contributed by atoms with van der Waals surface area (Å²) >= 11 is 0. The van der Waals surface area contributed by atoms with Gasteiger partial charge >= 0.3 is 0 Å². The Bertz CT molecular complexity index is 236. The first kappa shape index (κ1) is 17.7. The fourth-order valence-corrected chi connectivity index (χ4v) is 3.26. The van der Waals surface area contributed by atoms with E-state index in [1.54, 1.807) is 0 Å². The highest BCUT2D eigenvalue weighted by atomic mass is 14.4. The Morgan fingerprint density at radius 1 is 0.944 bits per heavy atom. The minimum Gasteiger partial charge on any atom is -0.0917 e. The molecule has 0 aromatic heterocycles. The number of rotatable bonds is 8. The average Bonchev–Trinajstić information content (AvgIpc) is 2.36. The summed E-state index contributed by atoms with van der Waals surface area (Å²) in [4.78, 5) is 0. The first-order chi connectivity index (χ1) is 8.32. The molecule has 0 amide bonds. The molecule has 0 aliphatic rings. The van der Waals surface area contributed by atoms with E-state index in [0.717, 1.165) is 23.7 Å². The van der Waals surface area contributed by atoms with Gasteiger partial charge in [0.2, 0.25) is 0 Å². The van der Waals surface area contributed by atoms with Crippen LogP contribution in [0.1, 0.15) is 74.7 Å². The molecule has 0 radical (unpaired) electrons. The Morgan fingerprint density at radius 3 is 1.83 bits per heavy atom. The summed E-state index contributed by atoms with van der Waals surface area (Å²) < 4.78 is 0. The molecule has 0 aromatic rings. The highest BCUT2D eigenvalue weighted by Crippen LogP contribution is 2.45. The fourth-order valence-electron chi connectivity index (χ4n) is 3.26. The van der Waals surface area contributed by atoms with Crippen LogP contribution >= 0.6 is 0 Å². The monoisotopic (exact) mass is 252 g/mol. The molecule has 0 saturated heterocycles. The average molecular weight is 252 g/mol. The topological polar surface area (TPSA) is 0 Å². The van der Waals surface area contributed by atoms with Gasteiger partial charge in [0.25, 0.3) is 0 Å². The van der Waals surface area contributed by atoms with Crippen molar-refractivity contribution in [3.8, 4) is 0 Å². The molecule has 0 nitrogen and oxygen atoms in total. The molecule has 0 rings (SSSR count). The molecule has 4 atom stereocenters. The Morgan fingerprint density at radius 2 is 1.44 bits per heavy atom. The molecule has 0 heteroatoms. The lowest BCUT2D eigenvalue weighted by Crippen LogP contribution is -2.37. The molecule has 108 valence electrons. The highest BCUT2D eigenvalue weighted by molar-refractivity contribution is 4.92. The SMILES string of the molecule is CC=CCC(C(C)CC)C(C)(C)C(C)C(C)CC. The van der Waals surface area contributed by atoms with Crippen molar-refractivity contribution in [2.24, 2.45) is 29.1 Å². The van der Waals surface area contributed by atoms with E-state index in [9.17, 15) is 0 Å². The molecule has 0 fully saturated rings. The number of hydrogen-bond acceptors (Lipinski definition) is 0. The molecule has 0 bridgehead atoms. The third-order valence-corrected chi connectivity index (χ3v) is 5.58. The predicted molar refractivity (Wildman–Crippen MR) is 84.8 cm³/mol. The largest absolute Gasteiger partial charge is 0.0917 e. The lowest BCUT2D eigenvalue weighted by atomic mass is 9.61. The lowest BCUT2D eigenvalue weighted by Gasteiger charge is -2.44. The van der Waals surface area contributed by atoms with Crippen molar-refractivity contribution >= 4 is 0 Å². The van der Waals surface area contributed by atoms with Gasteiger partial charge in [0.05, 0.1) is 0 Å². The first-order valence-corrected chi connectivity index (χ1v) is 7.93. The molecule has 0 aliphatic heterocycles. The molecule has 0 spiro atoms. The maximum Gasteiger partial charge on any atom is -0.0292 e. The van der Waals surface area contributed by atoms with Crippen LogP contribution < -0.4 is 0 Å². The molecular weight excluding hydrogens is 216 g/mol. The zero-order valence-corrected chi connectivity index (χ0v) is 14.1. The lowest BCUT2D eigenvalue weighted by molar-refractivity contribution is 0.0506. The van der Waals surface area contributed by atoms with Crippen molar-refractivity contribution in [2.45, 2.75) is 74.7 Å². The Hall–Kier alpha value is -0.260. The molecule has 0 N–H and O–H groups in total. The first-order valence-electron chi connectivity index (χ1n) is 7.93. The number of hydrogen-bond donors (Lipinski definition) is 0. The van der Waals surface area contributed by atoms with Crippen molar-refractivity contribution < 1.29 is 0 Å². The third kappa shape index (κ3) is 4.44. The predicted octanol–water partition coefficient (Wildman–Crippen LogP) is 6.32. The van der Waals surface area contributed by atoms with Gasteiger partial charge in [-0.25, -0.2) is 0 Å². The summed E-state index contributed by atoms with van der Waals surface area (Å²) in [6.07, 6.45) is 8.39. The van der Waals surface area contributed by atoms with E-state index in [0.29, 0.717) is 5.41 Å². The highest BCUT2D eigenvalue weighted by Gasteiger charge is 2.38. The van der Waals surface area contributed by atoms with Crippen LogP contribution in [0.15, 0.2) is 12.2 Å². The smallest absolute Gasteiger partial charge is 0.0292 e. The van der Waals surface area contributed by atoms with Crippen LogP contribution in [0, 0.1) is 29.1 Å². The second kappa shape index (κ2) is 8.02. The summed E-state index contributed by atoms with van der Waals surface area (Å²) in [5, 5.41) is 0. The van der Waals surface area contributed by atoms with Crippen LogP contribution in [-0.2, 0) is 0 Å². The van der Waals surface area contributed by atoms with Crippen molar-refractivity contribution in [3.63, 3.8) is 0 Å². The van der Waals surface area contributed by atoms with Gasteiger partial charge < -0.3 is 0 Å². The molecular formula is C18H36. The van der Waals surface area contributed by atoms with Crippen LogP contribution in [0.25, 0.3) is 0 Å². The van der Waals surface area contributed by atoms with Crippen molar-refractivity contribution in [1.29, 1.82) is 0 Å². The van der Waals surface area contributed by atoms with E-state index >= 15 is 0 Å². The Balaban J connectivity index is 5.04. The van der Waals surface area contributed by atoms with Gasteiger partial charge in [0, 0.05) is 0 Å². The minimum atomic E-state index is 0.421. The summed E-state index contributed by atoms with van der Waals surface area (Å²) in [7, 11) is 0. The second-order valence-corrected chi connectivity index (χ2v) is 6.79. The molecule has 0 heterocycles. The van der Waals surface area contributed by atoms with Crippen LogP contribution in [0.5, 0.6) is 0 Å². The minimum absolute atomic E-state index is 0.421. The zero-order valence-electron chi connectivity index (χ0n) is 14.1. The molecule has 18 heavy (non-hydrogen) atoms. The summed E-state index contributed by atoms with van der Waals surface area (Å²) in [6.45, 7) is 19.1. The standard InChI is InChI=1S/C18H36/c1-9-12-13-17(15(5)11-3)18(7,8)16(6)14(4)10-2/h9,12,14-17H,10-11,13H2,1-8H3. The molecule has 0 saturated carbocycles. The molecule has 0 aromatic carbocycles. The van der Waals surface area contributed by atoms with Crippen molar-refractivity contribution in [2.75, 3.05) is 0 Å². The Kier molecular flexibility index (Phi) is 7.90. The fraction of sp³-hybridized carbons (Fsp3) is 0.889.